The maximum Gasteiger partial charge on any atom is 0.296 e. The Bertz CT molecular complexity index is 464. The van der Waals surface area contributed by atoms with Crippen molar-refractivity contribution < 1.29 is 9.59 Å². The molecule has 4 nitrogen and oxygen atoms in total. The smallest absolute Gasteiger partial charge is 0.296 e. The molecule has 15 heavy (non-hydrogen) atoms. The predicted molar refractivity (Wildman–Crippen MR) is 57.5 cm³/mol. The summed E-state index contributed by atoms with van der Waals surface area (Å²) in [6.07, 6.45) is 3.65. The zero-order valence-electron chi connectivity index (χ0n) is 7.99. The van der Waals surface area contributed by atoms with Gasteiger partial charge in [-0.2, -0.15) is 0 Å². The third kappa shape index (κ3) is 1.67. The van der Waals surface area contributed by atoms with E-state index in [0.29, 0.717) is 17.8 Å². The quantitative estimate of drug-likeness (QED) is 0.696. The van der Waals surface area contributed by atoms with Crippen LogP contribution in [0.15, 0.2) is 24.3 Å². The Hall–Kier alpha value is -1.94. The van der Waals surface area contributed by atoms with Gasteiger partial charge in [0.05, 0.1) is 11.3 Å². The highest BCUT2D eigenvalue weighted by Gasteiger charge is 2.27. The van der Waals surface area contributed by atoms with E-state index in [9.17, 15) is 9.59 Å². The second-order valence-corrected chi connectivity index (χ2v) is 3.23. The molecule has 0 saturated heterocycles. The summed E-state index contributed by atoms with van der Waals surface area (Å²) >= 11 is 0. The van der Waals surface area contributed by atoms with Gasteiger partial charge in [0, 0.05) is 6.54 Å². The molecule has 0 bridgehead atoms. The maximum atomic E-state index is 11.3. The summed E-state index contributed by atoms with van der Waals surface area (Å²) in [7, 11) is 0. The van der Waals surface area contributed by atoms with Crippen LogP contribution in [0.5, 0.6) is 0 Å². The number of nitrogens with two attached hydrogens (primary N) is 1. The van der Waals surface area contributed by atoms with Gasteiger partial charge >= 0.3 is 0 Å². The number of benzene rings is 1. The summed E-state index contributed by atoms with van der Waals surface area (Å²) in [6, 6.07) is 5.18. The van der Waals surface area contributed by atoms with Crippen molar-refractivity contribution in [3.8, 4) is 0 Å². The van der Waals surface area contributed by atoms with Crippen molar-refractivity contribution in [2.45, 2.75) is 0 Å². The number of hydrogen-bond donors (Lipinski definition) is 2. The molecule has 1 aromatic rings. The van der Waals surface area contributed by atoms with Gasteiger partial charge in [-0.25, -0.2) is 0 Å². The van der Waals surface area contributed by atoms with Crippen LogP contribution in [0.3, 0.4) is 0 Å². The van der Waals surface area contributed by atoms with Crippen molar-refractivity contribution >= 4 is 23.5 Å². The van der Waals surface area contributed by atoms with Crippen molar-refractivity contribution in [3.63, 3.8) is 0 Å². The summed E-state index contributed by atoms with van der Waals surface area (Å²) in [5.41, 5.74) is 7.24. The lowest BCUT2D eigenvalue weighted by Gasteiger charge is -1.98. The fraction of sp³-hybridized carbons (Fsp3) is 0.0909. The Morgan fingerprint density at radius 2 is 2.13 bits per heavy atom. The van der Waals surface area contributed by atoms with Crippen molar-refractivity contribution in [2.24, 2.45) is 5.73 Å². The topological polar surface area (TPSA) is 72.2 Å². The zero-order valence-corrected chi connectivity index (χ0v) is 7.99. The van der Waals surface area contributed by atoms with Crippen LogP contribution in [-0.2, 0) is 4.79 Å². The van der Waals surface area contributed by atoms with Crippen LogP contribution in [-0.4, -0.2) is 18.2 Å². The number of Topliss-reactive ketones (excluding diaryl/α,β-unsaturated/α-hetero) is 1. The molecule has 0 aromatic heterocycles. The summed E-state index contributed by atoms with van der Waals surface area (Å²) < 4.78 is 0. The number of ketones is 1. The molecule has 0 unspecified atom stereocenters. The van der Waals surface area contributed by atoms with Gasteiger partial charge in [0.15, 0.2) is 0 Å². The molecule has 76 valence electrons. The first kappa shape index (κ1) is 9.61. The van der Waals surface area contributed by atoms with Crippen LogP contribution in [0.4, 0.5) is 5.69 Å². The minimum atomic E-state index is -0.565. The Morgan fingerprint density at radius 1 is 1.33 bits per heavy atom. The molecule has 0 fully saturated rings. The van der Waals surface area contributed by atoms with Gasteiger partial charge < -0.3 is 11.1 Å². The summed E-state index contributed by atoms with van der Waals surface area (Å²) in [6.45, 7) is 0.461. The number of carbonyl (C=O) groups is 2. The van der Waals surface area contributed by atoms with E-state index in [4.69, 9.17) is 5.73 Å². The van der Waals surface area contributed by atoms with Crippen LogP contribution >= 0.6 is 0 Å². The first-order valence-corrected chi connectivity index (χ1v) is 4.58. The van der Waals surface area contributed by atoms with Gasteiger partial charge in [-0.3, -0.25) is 9.59 Å². The first-order chi connectivity index (χ1) is 7.22. The van der Waals surface area contributed by atoms with Gasteiger partial charge in [0.25, 0.3) is 11.7 Å². The molecule has 1 aliphatic rings. The molecule has 3 N–H and O–H groups in total. The van der Waals surface area contributed by atoms with Crippen LogP contribution in [0.25, 0.3) is 6.08 Å². The zero-order chi connectivity index (χ0) is 10.8. The molecule has 1 heterocycles. The summed E-state index contributed by atoms with van der Waals surface area (Å²) in [4.78, 5) is 22.3. The van der Waals surface area contributed by atoms with E-state index in [1.807, 2.05) is 6.08 Å². The summed E-state index contributed by atoms with van der Waals surface area (Å²) in [5, 5.41) is 2.51. The number of rotatable bonds is 2. The highest BCUT2D eigenvalue weighted by Crippen LogP contribution is 2.24. The highest BCUT2D eigenvalue weighted by atomic mass is 16.2. The SMILES string of the molecule is NCC=Cc1ccc2c(c1)NC(=O)C2=O. The first-order valence-electron chi connectivity index (χ1n) is 4.58. The van der Waals surface area contributed by atoms with Crippen molar-refractivity contribution in [2.75, 3.05) is 11.9 Å². The number of fused-ring (bicyclic) bond motifs is 1. The number of hydrogen-bond acceptors (Lipinski definition) is 3. The lowest BCUT2D eigenvalue weighted by atomic mass is 10.1. The number of anilines is 1. The molecular weight excluding hydrogens is 192 g/mol. The fourth-order valence-electron chi connectivity index (χ4n) is 1.47. The van der Waals surface area contributed by atoms with Crippen LogP contribution < -0.4 is 11.1 Å². The van der Waals surface area contributed by atoms with Gasteiger partial charge in [-0.15, -0.1) is 0 Å². The third-order valence-corrected chi connectivity index (χ3v) is 2.19. The van der Waals surface area contributed by atoms with E-state index in [1.54, 1.807) is 24.3 Å². The lowest BCUT2D eigenvalue weighted by Crippen LogP contribution is -2.12. The average Bonchev–Trinajstić information content (AvgIpc) is 2.52. The van der Waals surface area contributed by atoms with Crippen LogP contribution in [0.1, 0.15) is 15.9 Å². The highest BCUT2D eigenvalue weighted by molar-refractivity contribution is 6.51. The minimum absolute atomic E-state index is 0.435. The Morgan fingerprint density at radius 3 is 2.87 bits per heavy atom. The van der Waals surface area contributed by atoms with Crippen LogP contribution in [0.2, 0.25) is 0 Å². The molecule has 0 spiro atoms. The molecule has 1 aliphatic heterocycles. The lowest BCUT2D eigenvalue weighted by molar-refractivity contribution is -0.112. The minimum Gasteiger partial charge on any atom is -0.327 e. The van der Waals surface area contributed by atoms with Crippen molar-refractivity contribution in [3.05, 3.63) is 35.4 Å². The molecule has 1 amide bonds. The van der Waals surface area contributed by atoms with E-state index in [0.717, 1.165) is 5.56 Å². The van der Waals surface area contributed by atoms with Gasteiger partial charge in [0.1, 0.15) is 0 Å². The predicted octanol–water partition coefficient (Wildman–Crippen LogP) is 0.793. The third-order valence-electron chi connectivity index (χ3n) is 2.19. The maximum absolute atomic E-state index is 11.3. The molecule has 4 heteroatoms. The number of nitrogens with one attached hydrogen (secondary N) is 1. The van der Waals surface area contributed by atoms with Gasteiger partial charge in [-0.05, 0) is 17.7 Å². The number of amides is 1. The molecule has 0 saturated carbocycles. The van der Waals surface area contributed by atoms with E-state index in [-0.39, 0.29) is 0 Å². The Kier molecular flexibility index (Phi) is 2.35. The van der Waals surface area contributed by atoms with Gasteiger partial charge in [0.2, 0.25) is 0 Å². The van der Waals surface area contributed by atoms with E-state index < -0.39 is 11.7 Å². The normalized spacial score (nSPS) is 14.5. The molecule has 1 aromatic carbocycles. The van der Waals surface area contributed by atoms with Gasteiger partial charge in [-0.1, -0.05) is 18.2 Å². The standard InChI is InChI=1S/C11H10N2O2/c12-5-1-2-7-3-4-8-9(6-7)13-11(15)10(8)14/h1-4,6H,5,12H2,(H,13,14,15). The molecular formula is C11H10N2O2. The van der Waals surface area contributed by atoms with E-state index >= 15 is 0 Å². The second-order valence-electron chi connectivity index (χ2n) is 3.23. The van der Waals surface area contributed by atoms with E-state index in [1.165, 1.54) is 0 Å². The van der Waals surface area contributed by atoms with Crippen molar-refractivity contribution in [1.29, 1.82) is 0 Å². The summed E-state index contributed by atoms with van der Waals surface area (Å²) in [5.74, 6) is -1.04. The van der Waals surface area contributed by atoms with Crippen molar-refractivity contribution in [1.82, 2.24) is 0 Å². The number of carbonyl (C=O) groups excluding carboxylic acids is 2. The molecule has 0 atom stereocenters. The largest absolute Gasteiger partial charge is 0.327 e. The monoisotopic (exact) mass is 202 g/mol. The average molecular weight is 202 g/mol. The molecule has 0 aliphatic carbocycles. The molecule has 0 radical (unpaired) electrons. The fourth-order valence-corrected chi connectivity index (χ4v) is 1.47. The van der Waals surface area contributed by atoms with E-state index in [2.05, 4.69) is 5.32 Å². The second kappa shape index (κ2) is 3.67. The Labute approximate surface area is 86.8 Å². The Balaban J connectivity index is 2.37. The molecule has 2 rings (SSSR count). The van der Waals surface area contributed by atoms with Crippen LogP contribution in [0, 0.1) is 0 Å².